The molecule has 0 saturated carbocycles. The minimum Gasteiger partial charge on any atom is -0.285 e. The van der Waals surface area contributed by atoms with E-state index in [1.54, 1.807) is 11.9 Å². The second kappa shape index (κ2) is 3.08. The third-order valence-electron chi connectivity index (χ3n) is 1.66. The molecule has 12 heavy (non-hydrogen) atoms. The first-order valence-electron chi connectivity index (χ1n) is 3.64. The number of para-hydroxylation sites is 1. The number of benzene rings is 1. The van der Waals surface area contributed by atoms with Crippen molar-refractivity contribution in [3.8, 4) is 0 Å². The lowest BCUT2D eigenvalue weighted by molar-refractivity contribution is 1.07. The lowest BCUT2D eigenvalue weighted by atomic mass is 10.3. The molecule has 4 heteroatoms. The SMILES string of the molecule is CC1=Nc2ccccc2SN1P. The molecule has 1 unspecified atom stereocenters. The molecule has 1 aromatic carbocycles. The number of amidine groups is 1. The van der Waals surface area contributed by atoms with Gasteiger partial charge in [0.1, 0.15) is 5.84 Å². The second-order valence-electron chi connectivity index (χ2n) is 2.54. The Hall–Kier alpha value is -0.530. The van der Waals surface area contributed by atoms with Gasteiger partial charge in [0.2, 0.25) is 0 Å². The molecule has 0 N–H and O–H groups in total. The van der Waals surface area contributed by atoms with E-state index in [0.717, 1.165) is 11.5 Å². The van der Waals surface area contributed by atoms with Crippen LogP contribution in [-0.2, 0) is 0 Å². The molecule has 0 aromatic heterocycles. The summed E-state index contributed by atoms with van der Waals surface area (Å²) in [6.45, 7) is 2.00. The number of hydrogen-bond donors (Lipinski definition) is 0. The van der Waals surface area contributed by atoms with E-state index in [-0.39, 0.29) is 0 Å². The highest BCUT2D eigenvalue weighted by molar-refractivity contribution is 8.00. The summed E-state index contributed by atoms with van der Waals surface area (Å²) in [5.74, 6) is 1.02. The van der Waals surface area contributed by atoms with Crippen LogP contribution in [-0.4, -0.2) is 9.91 Å². The quantitative estimate of drug-likeness (QED) is 0.468. The van der Waals surface area contributed by atoms with Crippen molar-refractivity contribution in [1.82, 2.24) is 4.08 Å². The molecule has 0 amide bonds. The van der Waals surface area contributed by atoms with Crippen LogP contribution in [0.1, 0.15) is 6.92 Å². The molecule has 0 aliphatic carbocycles. The molecule has 0 spiro atoms. The number of rotatable bonds is 0. The minimum atomic E-state index is 1.02. The molecule has 0 fully saturated rings. The fourth-order valence-electron chi connectivity index (χ4n) is 1.02. The summed E-state index contributed by atoms with van der Waals surface area (Å²) in [7, 11) is 2.63. The topological polar surface area (TPSA) is 15.6 Å². The van der Waals surface area contributed by atoms with Gasteiger partial charge < -0.3 is 0 Å². The fourth-order valence-corrected chi connectivity index (χ4v) is 2.15. The molecular formula is C8H9N2PS. The Morgan fingerprint density at radius 2 is 2.17 bits per heavy atom. The van der Waals surface area contributed by atoms with Crippen molar-refractivity contribution >= 4 is 32.9 Å². The fraction of sp³-hybridized carbons (Fsp3) is 0.125. The molecule has 0 bridgehead atoms. The maximum atomic E-state index is 4.43. The first kappa shape index (κ1) is 8.09. The van der Waals surface area contributed by atoms with Crippen molar-refractivity contribution in [2.75, 3.05) is 0 Å². The summed E-state index contributed by atoms with van der Waals surface area (Å²) in [6.07, 6.45) is 0. The molecule has 2 rings (SSSR count). The molecule has 1 aliphatic rings. The molecule has 1 atom stereocenters. The number of hydrogen-bond acceptors (Lipinski definition) is 3. The highest BCUT2D eigenvalue weighted by atomic mass is 32.2. The van der Waals surface area contributed by atoms with Gasteiger partial charge in [-0.15, -0.1) is 0 Å². The van der Waals surface area contributed by atoms with E-state index in [2.05, 4.69) is 20.4 Å². The van der Waals surface area contributed by atoms with Gasteiger partial charge in [-0.3, -0.25) is 4.08 Å². The largest absolute Gasteiger partial charge is 0.285 e. The highest BCUT2D eigenvalue weighted by Gasteiger charge is 2.12. The lowest BCUT2D eigenvalue weighted by Crippen LogP contribution is -2.11. The van der Waals surface area contributed by atoms with E-state index in [1.807, 2.05) is 29.2 Å². The van der Waals surface area contributed by atoms with E-state index in [0.29, 0.717) is 0 Å². The van der Waals surface area contributed by atoms with Crippen LogP contribution in [0.5, 0.6) is 0 Å². The molecule has 0 saturated heterocycles. The Morgan fingerprint density at radius 1 is 1.42 bits per heavy atom. The van der Waals surface area contributed by atoms with Gasteiger partial charge in [0.25, 0.3) is 0 Å². The Morgan fingerprint density at radius 3 is 3.00 bits per heavy atom. The van der Waals surface area contributed by atoms with E-state index in [1.165, 1.54) is 4.90 Å². The number of aliphatic imine (C=N–C) groups is 1. The van der Waals surface area contributed by atoms with Gasteiger partial charge >= 0.3 is 0 Å². The van der Waals surface area contributed by atoms with Crippen molar-refractivity contribution < 1.29 is 0 Å². The van der Waals surface area contributed by atoms with Crippen molar-refractivity contribution in [1.29, 1.82) is 0 Å². The molecule has 1 aromatic rings. The summed E-state index contributed by atoms with van der Waals surface area (Å²) in [4.78, 5) is 5.63. The second-order valence-corrected chi connectivity index (χ2v) is 4.45. The zero-order chi connectivity index (χ0) is 8.55. The summed E-state index contributed by atoms with van der Waals surface area (Å²) in [5, 5.41) is 0. The summed E-state index contributed by atoms with van der Waals surface area (Å²) >= 11 is 1.69. The predicted molar refractivity (Wildman–Crippen MR) is 56.6 cm³/mol. The maximum absolute atomic E-state index is 4.43. The van der Waals surface area contributed by atoms with Crippen LogP contribution in [0.2, 0.25) is 0 Å². The van der Waals surface area contributed by atoms with Gasteiger partial charge in [0.05, 0.1) is 10.6 Å². The third kappa shape index (κ3) is 1.35. The monoisotopic (exact) mass is 196 g/mol. The van der Waals surface area contributed by atoms with Gasteiger partial charge in [-0.05, 0) is 40.4 Å². The lowest BCUT2D eigenvalue weighted by Gasteiger charge is -2.22. The van der Waals surface area contributed by atoms with Gasteiger partial charge in [-0.2, -0.15) is 0 Å². The third-order valence-corrected chi connectivity index (χ3v) is 3.36. The van der Waals surface area contributed by atoms with E-state index >= 15 is 0 Å². The van der Waals surface area contributed by atoms with Crippen LogP contribution >= 0.6 is 21.3 Å². The van der Waals surface area contributed by atoms with Crippen LogP contribution in [0, 0.1) is 0 Å². The van der Waals surface area contributed by atoms with Crippen LogP contribution in [0.3, 0.4) is 0 Å². The van der Waals surface area contributed by atoms with E-state index < -0.39 is 0 Å². The van der Waals surface area contributed by atoms with Gasteiger partial charge in [-0.1, -0.05) is 12.1 Å². The van der Waals surface area contributed by atoms with Crippen molar-refractivity contribution in [2.24, 2.45) is 4.99 Å². The predicted octanol–water partition coefficient (Wildman–Crippen LogP) is 2.85. The first-order valence-corrected chi connectivity index (χ1v) is 4.93. The van der Waals surface area contributed by atoms with Gasteiger partial charge in [-0.25, -0.2) is 4.99 Å². The molecular weight excluding hydrogens is 187 g/mol. The van der Waals surface area contributed by atoms with Crippen LogP contribution in [0.25, 0.3) is 0 Å². The molecule has 62 valence electrons. The standard InChI is InChI=1S/C8H9N2PS/c1-6-9-7-4-2-3-5-8(7)12-10(6)11/h2-5H,11H2,1H3. The number of fused-ring (bicyclic) bond motifs is 1. The molecule has 2 nitrogen and oxygen atoms in total. The summed E-state index contributed by atoms with van der Waals surface area (Å²) in [5.41, 5.74) is 1.07. The Balaban J connectivity index is 2.49. The number of nitrogens with zero attached hydrogens (tertiary/aromatic N) is 2. The minimum absolute atomic E-state index is 1.02. The van der Waals surface area contributed by atoms with Crippen molar-refractivity contribution in [3.63, 3.8) is 0 Å². The van der Waals surface area contributed by atoms with Crippen LogP contribution < -0.4 is 0 Å². The average Bonchev–Trinajstić information content (AvgIpc) is 2.07. The van der Waals surface area contributed by atoms with Gasteiger partial charge in [0, 0.05) is 0 Å². The Labute approximate surface area is 78.5 Å². The van der Waals surface area contributed by atoms with Crippen molar-refractivity contribution in [3.05, 3.63) is 24.3 Å². The average molecular weight is 196 g/mol. The molecule has 1 heterocycles. The van der Waals surface area contributed by atoms with Crippen LogP contribution in [0.4, 0.5) is 5.69 Å². The van der Waals surface area contributed by atoms with E-state index in [4.69, 9.17) is 0 Å². The maximum Gasteiger partial charge on any atom is 0.115 e. The highest BCUT2D eigenvalue weighted by Crippen LogP contribution is 2.38. The molecule has 1 aliphatic heterocycles. The van der Waals surface area contributed by atoms with Crippen molar-refractivity contribution in [2.45, 2.75) is 11.8 Å². The van der Waals surface area contributed by atoms with Gasteiger partial charge in [0.15, 0.2) is 0 Å². The Bertz CT molecular complexity index is 338. The Kier molecular flexibility index (Phi) is 2.07. The normalized spacial score (nSPS) is 15.5. The molecule has 0 radical (unpaired) electrons. The van der Waals surface area contributed by atoms with Crippen LogP contribution in [0.15, 0.2) is 34.2 Å². The first-order chi connectivity index (χ1) is 5.77. The smallest absolute Gasteiger partial charge is 0.115 e. The summed E-state index contributed by atoms with van der Waals surface area (Å²) < 4.78 is 1.99. The zero-order valence-electron chi connectivity index (χ0n) is 6.69. The van der Waals surface area contributed by atoms with E-state index in [9.17, 15) is 0 Å². The zero-order valence-corrected chi connectivity index (χ0v) is 8.66. The summed E-state index contributed by atoms with van der Waals surface area (Å²) in [6, 6.07) is 8.14.